The lowest BCUT2D eigenvalue weighted by atomic mass is 10.1. The average molecular weight is 469 g/mol. The number of nitrogens with zero attached hydrogens (tertiary/aromatic N) is 4. The Morgan fingerprint density at radius 2 is 1.79 bits per heavy atom. The van der Waals surface area contributed by atoms with Gasteiger partial charge in [0.05, 0.1) is 17.1 Å². The molecule has 0 bridgehead atoms. The van der Waals surface area contributed by atoms with Crippen LogP contribution in [0.15, 0.2) is 47.5 Å². The molecule has 0 atom stereocenters. The molecule has 176 valence electrons. The Kier molecular flexibility index (Phi) is 6.99. The first kappa shape index (κ1) is 23.3. The van der Waals surface area contributed by atoms with E-state index in [9.17, 15) is 8.42 Å². The highest BCUT2D eigenvalue weighted by molar-refractivity contribution is 7.92. The van der Waals surface area contributed by atoms with Gasteiger partial charge in [-0.25, -0.2) is 13.4 Å². The Labute approximate surface area is 196 Å². The van der Waals surface area contributed by atoms with Crippen LogP contribution in [0.2, 0.25) is 0 Å². The first-order valence-electron chi connectivity index (χ1n) is 11.3. The quantitative estimate of drug-likeness (QED) is 0.522. The van der Waals surface area contributed by atoms with Crippen LogP contribution in [0, 0.1) is 13.8 Å². The molecule has 3 heterocycles. The highest BCUT2D eigenvalue weighted by Gasteiger charge is 2.19. The molecular weight excluding hydrogens is 436 g/mol. The van der Waals surface area contributed by atoms with E-state index in [1.165, 1.54) is 49.7 Å². The lowest BCUT2D eigenvalue weighted by molar-refractivity contribution is 0.221. The number of likely N-dealkylation sites (tertiary alicyclic amines) is 1. The van der Waals surface area contributed by atoms with Crippen molar-refractivity contribution in [1.29, 1.82) is 0 Å². The fourth-order valence-electron chi connectivity index (χ4n) is 4.16. The van der Waals surface area contributed by atoms with Crippen molar-refractivity contribution < 1.29 is 8.42 Å². The number of nitrogens with one attached hydrogen (secondary N) is 2. The van der Waals surface area contributed by atoms with Crippen molar-refractivity contribution in [3.8, 4) is 0 Å². The van der Waals surface area contributed by atoms with E-state index in [1.54, 1.807) is 30.8 Å². The zero-order valence-electron chi connectivity index (χ0n) is 19.5. The summed E-state index contributed by atoms with van der Waals surface area (Å²) >= 11 is 0. The van der Waals surface area contributed by atoms with Crippen molar-refractivity contribution in [2.24, 2.45) is 7.05 Å². The summed E-state index contributed by atoms with van der Waals surface area (Å²) in [6.45, 7) is 7.57. The third-order valence-electron chi connectivity index (χ3n) is 6.11. The van der Waals surface area contributed by atoms with Crippen LogP contribution in [-0.2, 0) is 30.2 Å². The van der Waals surface area contributed by atoms with Crippen molar-refractivity contribution in [2.45, 2.75) is 51.1 Å². The zero-order valence-corrected chi connectivity index (χ0v) is 20.3. The van der Waals surface area contributed by atoms with Crippen LogP contribution >= 0.6 is 0 Å². The van der Waals surface area contributed by atoms with E-state index in [2.05, 4.69) is 49.3 Å². The van der Waals surface area contributed by atoms with Gasteiger partial charge in [0, 0.05) is 26.3 Å². The summed E-state index contributed by atoms with van der Waals surface area (Å²) < 4.78 is 29.9. The summed E-state index contributed by atoms with van der Waals surface area (Å²) in [5, 5.41) is 7.54. The molecule has 3 aromatic rings. The van der Waals surface area contributed by atoms with Crippen LogP contribution < -0.4 is 10.0 Å². The van der Waals surface area contributed by atoms with Crippen LogP contribution in [-0.4, -0.2) is 41.2 Å². The molecule has 9 heteroatoms. The maximum Gasteiger partial charge on any atom is 0.263 e. The van der Waals surface area contributed by atoms with Crippen molar-refractivity contribution in [1.82, 2.24) is 19.7 Å². The Morgan fingerprint density at radius 1 is 1.03 bits per heavy atom. The molecule has 0 aliphatic carbocycles. The number of anilines is 2. The van der Waals surface area contributed by atoms with Gasteiger partial charge in [-0.05, 0) is 63.0 Å². The molecule has 0 spiro atoms. The van der Waals surface area contributed by atoms with E-state index in [0.717, 1.165) is 12.2 Å². The molecule has 0 unspecified atom stereocenters. The second-order valence-electron chi connectivity index (χ2n) is 8.66. The summed E-state index contributed by atoms with van der Waals surface area (Å²) in [7, 11) is -1.96. The number of hydrogen-bond donors (Lipinski definition) is 2. The maximum atomic E-state index is 12.8. The van der Waals surface area contributed by atoms with Crippen molar-refractivity contribution in [3.05, 3.63) is 65.1 Å². The zero-order chi connectivity index (χ0) is 23.4. The van der Waals surface area contributed by atoms with Crippen LogP contribution in [0.5, 0.6) is 0 Å². The van der Waals surface area contributed by atoms with Gasteiger partial charge in [0.1, 0.15) is 10.7 Å². The second kappa shape index (κ2) is 9.93. The molecule has 1 aliphatic rings. The summed E-state index contributed by atoms with van der Waals surface area (Å²) in [6.07, 6.45) is 5.29. The normalized spacial score (nSPS) is 14.9. The number of aryl methyl sites for hydroxylation is 2. The van der Waals surface area contributed by atoms with Crippen LogP contribution in [0.25, 0.3) is 0 Å². The van der Waals surface area contributed by atoms with Crippen LogP contribution in [0.1, 0.15) is 41.8 Å². The summed E-state index contributed by atoms with van der Waals surface area (Å²) in [6, 6.07) is 11.8. The SMILES string of the molecule is Cc1nn(C)c(C)c1NS(=O)(=O)c1ccc(NCc2cccc(CN3CCCCC3)c2)nc1. The third kappa shape index (κ3) is 5.72. The Morgan fingerprint density at radius 3 is 2.45 bits per heavy atom. The molecule has 1 aliphatic heterocycles. The van der Waals surface area contributed by atoms with Gasteiger partial charge in [-0.2, -0.15) is 5.10 Å². The van der Waals surface area contributed by atoms with E-state index in [0.29, 0.717) is 23.7 Å². The first-order valence-corrected chi connectivity index (χ1v) is 12.8. The summed E-state index contributed by atoms with van der Waals surface area (Å²) in [5.41, 5.74) is 4.38. The van der Waals surface area contributed by atoms with Gasteiger partial charge in [-0.1, -0.05) is 30.7 Å². The molecule has 4 rings (SSSR count). The predicted octanol–water partition coefficient (Wildman–Crippen LogP) is 3.83. The Bertz CT molecular complexity index is 1200. The standard InChI is InChI=1S/C24H32N6O2S/c1-18-24(19(2)29(3)27-18)28-33(31,32)22-10-11-23(26-16-22)25-15-20-8-7-9-21(14-20)17-30-12-5-4-6-13-30/h7-11,14,16,28H,4-6,12-13,15,17H2,1-3H3,(H,25,26). The Hall–Kier alpha value is -2.91. The van der Waals surface area contributed by atoms with E-state index in [4.69, 9.17) is 0 Å². The van der Waals surface area contributed by atoms with E-state index < -0.39 is 10.0 Å². The highest BCUT2D eigenvalue weighted by Crippen LogP contribution is 2.23. The van der Waals surface area contributed by atoms with Gasteiger partial charge < -0.3 is 5.32 Å². The number of sulfonamides is 1. The topological polar surface area (TPSA) is 92.1 Å². The number of pyridine rings is 1. The molecule has 33 heavy (non-hydrogen) atoms. The van der Waals surface area contributed by atoms with Crippen LogP contribution in [0.3, 0.4) is 0 Å². The van der Waals surface area contributed by atoms with Crippen LogP contribution in [0.4, 0.5) is 11.5 Å². The van der Waals surface area contributed by atoms with Gasteiger partial charge >= 0.3 is 0 Å². The number of aromatic nitrogens is 3. The molecule has 1 fully saturated rings. The monoisotopic (exact) mass is 468 g/mol. The van der Waals surface area contributed by atoms with E-state index in [-0.39, 0.29) is 4.90 Å². The number of piperidine rings is 1. The highest BCUT2D eigenvalue weighted by atomic mass is 32.2. The minimum absolute atomic E-state index is 0.110. The maximum absolute atomic E-state index is 12.8. The number of hydrogen-bond acceptors (Lipinski definition) is 6. The predicted molar refractivity (Wildman–Crippen MR) is 131 cm³/mol. The molecular formula is C24H32N6O2S. The van der Waals surface area contributed by atoms with Gasteiger partial charge in [0.15, 0.2) is 0 Å². The van der Waals surface area contributed by atoms with Gasteiger partial charge in [-0.3, -0.25) is 14.3 Å². The fraction of sp³-hybridized carbons (Fsp3) is 0.417. The molecule has 0 radical (unpaired) electrons. The third-order valence-corrected chi connectivity index (χ3v) is 7.45. The van der Waals surface area contributed by atoms with Crippen molar-refractivity contribution in [3.63, 3.8) is 0 Å². The number of rotatable bonds is 8. The fourth-order valence-corrected chi connectivity index (χ4v) is 5.29. The second-order valence-corrected chi connectivity index (χ2v) is 10.3. The molecule has 0 amide bonds. The van der Waals surface area contributed by atoms with Gasteiger partial charge in [0.25, 0.3) is 10.0 Å². The van der Waals surface area contributed by atoms with Gasteiger partial charge in [-0.15, -0.1) is 0 Å². The number of benzene rings is 1. The summed E-state index contributed by atoms with van der Waals surface area (Å²) in [5.74, 6) is 0.629. The van der Waals surface area contributed by atoms with E-state index >= 15 is 0 Å². The molecule has 2 aromatic heterocycles. The Balaban J connectivity index is 1.37. The minimum Gasteiger partial charge on any atom is -0.366 e. The average Bonchev–Trinajstić information content (AvgIpc) is 3.04. The van der Waals surface area contributed by atoms with Gasteiger partial charge in [0.2, 0.25) is 0 Å². The lowest BCUT2D eigenvalue weighted by Gasteiger charge is -2.26. The van der Waals surface area contributed by atoms with Crippen molar-refractivity contribution in [2.75, 3.05) is 23.1 Å². The molecule has 8 nitrogen and oxygen atoms in total. The minimum atomic E-state index is -3.75. The van der Waals surface area contributed by atoms with Crippen molar-refractivity contribution >= 4 is 21.5 Å². The molecule has 2 N–H and O–H groups in total. The first-order chi connectivity index (χ1) is 15.8. The molecule has 1 aromatic carbocycles. The molecule has 1 saturated heterocycles. The molecule has 0 saturated carbocycles. The summed E-state index contributed by atoms with van der Waals surface area (Å²) in [4.78, 5) is 6.93. The smallest absolute Gasteiger partial charge is 0.263 e. The largest absolute Gasteiger partial charge is 0.366 e. The lowest BCUT2D eigenvalue weighted by Crippen LogP contribution is -2.29. The van der Waals surface area contributed by atoms with E-state index in [1.807, 2.05) is 6.92 Å².